The van der Waals surface area contributed by atoms with Gasteiger partial charge in [-0.2, -0.15) is 0 Å². The Labute approximate surface area is 289 Å². The number of hydrogen-bond donors (Lipinski definition) is 0. The Morgan fingerprint density at radius 3 is 1.50 bits per heavy atom. The van der Waals surface area contributed by atoms with Crippen LogP contribution in [0, 0.1) is 0 Å². The van der Waals surface area contributed by atoms with Crippen molar-refractivity contribution in [2.45, 2.75) is 5.41 Å². The molecule has 0 amide bonds. The minimum absolute atomic E-state index is 0.560. The molecule has 3 nitrogen and oxygen atoms in total. The van der Waals surface area contributed by atoms with Crippen molar-refractivity contribution in [2.24, 2.45) is 0 Å². The molecule has 10 aromatic rings. The summed E-state index contributed by atoms with van der Waals surface area (Å²) >= 11 is 0. The fourth-order valence-corrected chi connectivity index (χ4v) is 8.85. The van der Waals surface area contributed by atoms with Crippen molar-refractivity contribution in [2.75, 3.05) is 0 Å². The van der Waals surface area contributed by atoms with Gasteiger partial charge in [-0.25, -0.2) is 0 Å². The fraction of sp³-hybridized carbons (Fsp3) is 0.0213. The molecule has 3 heteroatoms. The largest absolute Gasteiger partial charge is 0.317 e. The second-order valence-corrected chi connectivity index (χ2v) is 13.4. The lowest BCUT2D eigenvalue weighted by molar-refractivity contribution is 0.727. The molecule has 0 saturated carbocycles. The number of rotatable bonds is 4. The van der Waals surface area contributed by atoms with Crippen LogP contribution in [0.25, 0.3) is 60.7 Å². The van der Waals surface area contributed by atoms with Crippen LogP contribution in [-0.4, -0.2) is 13.7 Å². The van der Waals surface area contributed by atoms with Gasteiger partial charge in [0.2, 0.25) is 0 Å². The summed E-state index contributed by atoms with van der Waals surface area (Å²) in [5.74, 6) is 0. The minimum Gasteiger partial charge on any atom is -0.317 e. The molecule has 0 unspecified atom stereocenters. The van der Waals surface area contributed by atoms with Crippen molar-refractivity contribution in [1.29, 1.82) is 0 Å². The van der Waals surface area contributed by atoms with Crippen LogP contribution in [0.5, 0.6) is 0 Å². The second-order valence-electron chi connectivity index (χ2n) is 13.4. The Kier molecular flexibility index (Phi) is 5.59. The summed E-state index contributed by atoms with van der Waals surface area (Å²) in [6, 6.07) is 64.8. The predicted octanol–water partition coefficient (Wildman–Crippen LogP) is 11.4. The number of aromatic nitrogens is 3. The zero-order chi connectivity index (χ0) is 32.8. The Morgan fingerprint density at radius 2 is 0.860 bits per heavy atom. The van der Waals surface area contributed by atoms with Crippen molar-refractivity contribution >= 4 is 43.6 Å². The van der Waals surface area contributed by atoms with E-state index in [9.17, 15) is 0 Å². The fourth-order valence-electron chi connectivity index (χ4n) is 8.85. The molecule has 7 aromatic carbocycles. The average Bonchev–Trinajstić information content (AvgIpc) is 3.91. The average molecular weight is 638 g/mol. The van der Waals surface area contributed by atoms with Gasteiger partial charge >= 0.3 is 0 Å². The summed E-state index contributed by atoms with van der Waals surface area (Å²) in [5, 5.41) is 5.04. The van der Waals surface area contributed by atoms with Gasteiger partial charge in [0.1, 0.15) is 0 Å². The third kappa shape index (κ3) is 3.58. The second kappa shape index (κ2) is 10.2. The lowest BCUT2D eigenvalue weighted by atomic mass is 9.63. The number of hydrogen-bond acceptors (Lipinski definition) is 0. The van der Waals surface area contributed by atoms with Crippen molar-refractivity contribution in [3.63, 3.8) is 0 Å². The molecule has 50 heavy (non-hydrogen) atoms. The summed E-state index contributed by atoms with van der Waals surface area (Å²) in [6.07, 6.45) is 4.35. The van der Waals surface area contributed by atoms with E-state index in [4.69, 9.17) is 0 Å². The summed E-state index contributed by atoms with van der Waals surface area (Å²) in [4.78, 5) is 0. The van der Waals surface area contributed by atoms with Crippen LogP contribution in [0.3, 0.4) is 0 Å². The summed E-state index contributed by atoms with van der Waals surface area (Å²) in [5.41, 5.74) is 12.9. The highest BCUT2D eigenvalue weighted by Gasteiger charge is 2.45. The molecule has 4 heterocycles. The van der Waals surface area contributed by atoms with E-state index in [-0.39, 0.29) is 0 Å². The minimum atomic E-state index is -0.560. The van der Waals surface area contributed by atoms with E-state index in [2.05, 4.69) is 202 Å². The Bertz CT molecular complexity index is 2800. The standard InChI is InChI=1S/C47H31N3/c1-5-16-42-32(10-1)28-30-48(42)36-24-20-34(21-25-36)47(35-22-26-37(27-23-35)49-31-29-33-11-2-6-17-43(33)49)40-14-4-8-19-45(40)50-44-18-7-3-12-38(44)39-13-9-15-41(47)46(39)50/h1-31H. The molecule has 0 bridgehead atoms. The maximum atomic E-state index is 2.49. The molecule has 1 aliphatic heterocycles. The van der Waals surface area contributed by atoms with Crippen LogP contribution in [-0.2, 0) is 5.41 Å². The third-order valence-corrected chi connectivity index (χ3v) is 11.0. The van der Waals surface area contributed by atoms with Crippen molar-refractivity contribution in [3.05, 3.63) is 211 Å². The quantitative estimate of drug-likeness (QED) is 0.182. The molecule has 0 saturated heterocycles. The zero-order valence-electron chi connectivity index (χ0n) is 27.2. The molecule has 0 N–H and O–H groups in total. The van der Waals surface area contributed by atoms with Crippen molar-refractivity contribution < 1.29 is 0 Å². The molecule has 0 fully saturated rings. The number of para-hydroxylation sites is 5. The third-order valence-electron chi connectivity index (χ3n) is 11.0. The van der Waals surface area contributed by atoms with Gasteiger partial charge in [0.15, 0.2) is 0 Å². The van der Waals surface area contributed by atoms with Gasteiger partial charge in [-0.3, -0.25) is 0 Å². The normalized spacial score (nSPS) is 13.4. The highest BCUT2D eigenvalue weighted by Crippen LogP contribution is 2.54. The summed E-state index contributed by atoms with van der Waals surface area (Å²) < 4.78 is 7.07. The van der Waals surface area contributed by atoms with Crippen molar-refractivity contribution in [1.82, 2.24) is 13.7 Å². The Balaban J connectivity index is 1.20. The van der Waals surface area contributed by atoms with Crippen molar-refractivity contribution in [3.8, 4) is 17.1 Å². The van der Waals surface area contributed by atoms with Crippen LogP contribution >= 0.6 is 0 Å². The molecule has 11 rings (SSSR count). The zero-order valence-corrected chi connectivity index (χ0v) is 27.2. The van der Waals surface area contributed by atoms with Crippen LogP contribution in [0.4, 0.5) is 0 Å². The first-order valence-corrected chi connectivity index (χ1v) is 17.3. The van der Waals surface area contributed by atoms with E-state index in [0.717, 1.165) is 11.4 Å². The molecule has 3 aromatic heterocycles. The van der Waals surface area contributed by atoms with E-state index >= 15 is 0 Å². The molecule has 0 atom stereocenters. The SMILES string of the molecule is c1ccc2c(c1)-n1c3ccccc3c3cccc(c31)C2(c1ccc(-n2ccc3ccccc32)cc1)c1ccc(-n2ccc3ccccc32)cc1. The predicted molar refractivity (Wildman–Crippen MR) is 206 cm³/mol. The summed E-state index contributed by atoms with van der Waals surface area (Å²) in [7, 11) is 0. The van der Waals surface area contributed by atoms with E-state index in [0.29, 0.717) is 0 Å². The maximum absolute atomic E-state index is 2.49. The highest BCUT2D eigenvalue weighted by molar-refractivity contribution is 6.12. The van der Waals surface area contributed by atoms with Gasteiger partial charge in [-0.05, 0) is 93.7 Å². The molecular weight excluding hydrogens is 607 g/mol. The van der Waals surface area contributed by atoms with E-state index in [1.807, 2.05) is 0 Å². The molecular formula is C47H31N3. The van der Waals surface area contributed by atoms with Crippen LogP contribution in [0.15, 0.2) is 188 Å². The monoisotopic (exact) mass is 637 g/mol. The number of benzene rings is 7. The molecule has 0 spiro atoms. The highest BCUT2D eigenvalue weighted by atomic mass is 15.0. The van der Waals surface area contributed by atoms with E-state index < -0.39 is 5.41 Å². The Hall–Kier alpha value is -6.58. The number of fused-ring (bicyclic) bond motifs is 7. The lowest BCUT2D eigenvalue weighted by Crippen LogP contribution is -2.35. The topological polar surface area (TPSA) is 14.8 Å². The molecule has 1 aliphatic rings. The van der Waals surface area contributed by atoms with Crippen LogP contribution in [0.2, 0.25) is 0 Å². The van der Waals surface area contributed by atoms with Crippen LogP contribution in [0.1, 0.15) is 22.3 Å². The first kappa shape index (κ1) is 27.4. The van der Waals surface area contributed by atoms with Gasteiger partial charge in [0, 0.05) is 34.5 Å². The van der Waals surface area contributed by atoms with Gasteiger partial charge in [0.25, 0.3) is 0 Å². The first-order valence-electron chi connectivity index (χ1n) is 17.3. The van der Waals surface area contributed by atoms with Gasteiger partial charge in [0.05, 0.1) is 33.2 Å². The smallest absolute Gasteiger partial charge is 0.0742 e. The van der Waals surface area contributed by atoms with Gasteiger partial charge in [-0.1, -0.05) is 115 Å². The van der Waals surface area contributed by atoms with Crippen LogP contribution < -0.4 is 0 Å². The molecule has 0 aliphatic carbocycles. The number of nitrogens with zero attached hydrogens (tertiary/aromatic N) is 3. The summed E-state index contributed by atoms with van der Waals surface area (Å²) in [6.45, 7) is 0. The molecule has 234 valence electrons. The maximum Gasteiger partial charge on any atom is 0.0742 e. The lowest BCUT2D eigenvalue weighted by Gasteiger charge is -2.41. The van der Waals surface area contributed by atoms with Gasteiger partial charge < -0.3 is 13.7 Å². The van der Waals surface area contributed by atoms with Gasteiger partial charge in [-0.15, -0.1) is 0 Å². The van der Waals surface area contributed by atoms with E-state index in [1.165, 1.54) is 71.6 Å². The first-order chi connectivity index (χ1) is 24.8. The molecule has 0 radical (unpaired) electrons. The Morgan fingerprint density at radius 1 is 0.360 bits per heavy atom. The van der Waals surface area contributed by atoms with E-state index in [1.54, 1.807) is 0 Å².